The molecule has 1 aliphatic carbocycles. The Labute approximate surface area is 164 Å². The van der Waals surface area contributed by atoms with Crippen LogP contribution in [0.2, 0.25) is 0 Å². The van der Waals surface area contributed by atoms with Crippen molar-refractivity contribution >= 4 is 11.8 Å². The zero-order chi connectivity index (χ0) is 20.6. The summed E-state index contributed by atoms with van der Waals surface area (Å²) in [6.07, 6.45) is 0.993. The number of rotatable bonds is 4. The van der Waals surface area contributed by atoms with Crippen molar-refractivity contribution in [2.24, 2.45) is 5.41 Å². The zero-order valence-corrected chi connectivity index (χ0v) is 16.9. The summed E-state index contributed by atoms with van der Waals surface area (Å²) in [4.78, 5) is 25.8. The van der Waals surface area contributed by atoms with Gasteiger partial charge in [0.25, 0.3) is 0 Å². The molecule has 0 aromatic heterocycles. The summed E-state index contributed by atoms with van der Waals surface area (Å²) < 4.78 is 25.3. The molecule has 150 valence electrons. The van der Waals surface area contributed by atoms with Crippen molar-refractivity contribution in [2.45, 2.75) is 46.5 Å². The number of carbonyl (C=O) groups is 2. The summed E-state index contributed by atoms with van der Waals surface area (Å²) in [7, 11) is 1.46. The molecule has 0 radical (unpaired) electrons. The first-order valence-corrected chi connectivity index (χ1v) is 9.43. The smallest absolute Gasteiger partial charge is 0.336 e. The van der Waals surface area contributed by atoms with Crippen LogP contribution in [0.5, 0.6) is 5.75 Å². The van der Waals surface area contributed by atoms with Gasteiger partial charge in [-0.2, -0.15) is 0 Å². The lowest BCUT2D eigenvalue weighted by atomic mass is 9.68. The summed E-state index contributed by atoms with van der Waals surface area (Å²) in [6.45, 7) is 7.72. The largest absolute Gasteiger partial charge is 0.497 e. The molecule has 5 nitrogen and oxygen atoms in total. The summed E-state index contributed by atoms with van der Waals surface area (Å²) in [5, 5.41) is 3.23. The standard InChI is InChI=1S/C22H26FNO4/c1-6-28-21(26)18-12(2)24-16-10-22(3,4)11-17(25)20(16)19(18)14-8-7-13(27-5)9-15(14)23/h7-9,19,24H,6,10-11H2,1-5H3. The first-order chi connectivity index (χ1) is 13.2. The average molecular weight is 387 g/mol. The number of Topliss-reactive ketones (excluding diaryl/α,β-unsaturated/α-hetero) is 1. The molecule has 0 amide bonds. The molecule has 0 fully saturated rings. The monoisotopic (exact) mass is 387 g/mol. The van der Waals surface area contributed by atoms with Crippen LogP contribution in [0.1, 0.15) is 52.0 Å². The van der Waals surface area contributed by atoms with Crippen molar-refractivity contribution < 1.29 is 23.5 Å². The number of carbonyl (C=O) groups excluding carboxylic acids is 2. The Morgan fingerprint density at radius 1 is 1.32 bits per heavy atom. The molecule has 1 aromatic rings. The quantitative estimate of drug-likeness (QED) is 0.791. The van der Waals surface area contributed by atoms with Crippen LogP contribution in [0.25, 0.3) is 0 Å². The van der Waals surface area contributed by atoms with E-state index in [-0.39, 0.29) is 28.9 Å². The fourth-order valence-corrected chi connectivity index (χ4v) is 4.10. The Morgan fingerprint density at radius 2 is 2.04 bits per heavy atom. The molecule has 0 saturated heterocycles. The summed E-state index contributed by atoms with van der Waals surface area (Å²) in [5.74, 6) is -1.57. The second-order valence-corrected chi connectivity index (χ2v) is 8.04. The number of allylic oxidation sites excluding steroid dienone is 3. The van der Waals surface area contributed by atoms with E-state index in [9.17, 15) is 9.59 Å². The highest BCUT2D eigenvalue weighted by Gasteiger charge is 2.43. The van der Waals surface area contributed by atoms with Gasteiger partial charge in [-0.3, -0.25) is 4.79 Å². The lowest BCUT2D eigenvalue weighted by Gasteiger charge is -2.39. The third kappa shape index (κ3) is 3.55. The highest BCUT2D eigenvalue weighted by atomic mass is 19.1. The molecule has 1 unspecified atom stereocenters. The van der Waals surface area contributed by atoms with Crippen molar-refractivity contribution in [1.82, 2.24) is 5.32 Å². The molecule has 0 saturated carbocycles. The van der Waals surface area contributed by atoms with Crippen molar-refractivity contribution in [1.29, 1.82) is 0 Å². The molecule has 1 N–H and O–H groups in total. The Hall–Kier alpha value is -2.63. The SMILES string of the molecule is CCOC(=O)C1=C(C)NC2=C(C(=O)CC(C)(C)C2)C1c1ccc(OC)cc1F. The van der Waals surface area contributed by atoms with Crippen LogP contribution in [0.4, 0.5) is 4.39 Å². The van der Waals surface area contributed by atoms with E-state index in [1.807, 2.05) is 13.8 Å². The second-order valence-electron chi connectivity index (χ2n) is 8.04. The van der Waals surface area contributed by atoms with Gasteiger partial charge in [0.2, 0.25) is 0 Å². The number of ether oxygens (including phenoxy) is 2. The van der Waals surface area contributed by atoms with Gasteiger partial charge < -0.3 is 14.8 Å². The molecular weight excluding hydrogens is 361 g/mol. The van der Waals surface area contributed by atoms with Gasteiger partial charge in [0, 0.05) is 35.0 Å². The van der Waals surface area contributed by atoms with Gasteiger partial charge in [0.15, 0.2) is 5.78 Å². The van der Waals surface area contributed by atoms with Crippen LogP contribution in [0.15, 0.2) is 40.7 Å². The maximum Gasteiger partial charge on any atom is 0.336 e. The van der Waals surface area contributed by atoms with E-state index < -0.39 is 17.7 Å². The van der Waals surface area contributed by atoms with Gasteiger partial charge in [-0.1, -0.05) is 19.9 Å². The number of dihydropyridines is 1. The Kier molecular flexibility index (Phi) is 5.33. The normalized spacial score (nSPS) is 21.2. The van der Waals surface area contributed by atoms with Gasteiger partial charge in [0.05, 0.1) is 25.2 Å². The minimum Gasteiger partial charge on any atom is -0.497 e. The number of benzene rings is 1. The third-order valence-electron chi connectivity index (χ3n) is 5.25. The van der Waals surface area contributed by atoms with E-state index in [2.05, 4.69) is 5.32 Å². The zero-order valence-electron chi connectivity index (χ0n) is 16.9. The number of esters is 1. The van der Waals surface area contributed by atoms with E-state index in [4.69, 9.17) is 9.47 Å². The maximum absolute atomic E-state index is 15.0. The molecule has 1 aliphatic heterocycles. The molecule has 6 heteroatoms. The van der Waals surface area contributed by atoms with Crippen molar-refractivity contribution in [3.8, 4) is 5.75 Å². The Morgan fingerprint density at radius 3 is 2.64 bits per heavy atom. The highest BCUT2D eigenvalue weighted by Crippen LogP contribution is 2.47. The Bertz CT molecular complexity index is 898. The van der Waals surface area contributed by atoms with E-state index in [1.165, 1.54) is 13.2 Å². The van der Waals surface area contributed by atoms with Gasteiger partial charge in [0.1, 0.15) is 11.6 Å². The molecule has 1 heterocycles. The lowest BCUT2D eigenvalue weighted by molar-refractivity contribution is -0.138. The van der Waals surface area contributed by atoms with Gasteiger partial charge in [-0.15, -0.1) is 0 Å². The van der Waals surface area contributed by atoms with Crippen LogP contribution in [0.3, 0.4) is 0 Å². The second kappa shape index (κ2) is 7.41. The van der Waals surface area contributed by atoms with Gasteiger partial charge in [-0.05, 0) is 31.7 Å². The summed E-state index contributed by atoms with van der Waals surface area (Å²) in [6, 6.07) is 4.48. The van der Waals surface area contributed by atoms with Crippen molar-refractivity contribution in [2.75, 3.05) is 13.7 Å². The minimum atomic E-state index is -0.801. The van der Waals surface area contributed by atoms with Crippen LogP contribution in [0, 0.1) is 11.2 Å². The molecule has 2 aliphatic rings. The van der Waals surface area contributed by atoms with E-state index in [0.29, 0.717) is 29.9 Å². The Balaban J connectivity index is 2.21. The number of ketones is 1. The molecule has 0 bridgehead atoms. The molecule has 0 spiro atoms. The fourth-order valence-electron chi connectivity index (χ4n) is 4.10. The van der Waals surface area contributed by atoms with E-state index in [1.54, 1.807) is 26.0 Å². The number of methoxy groups -OCH3 is 1. The first-order valence-electron chi connectivity index (χ1n) is 9.43. The highest BCUT2D eigenvalue weighted by molar-refractivity contribution is 6.04. The van der Waals surface area contributed by atoms with E-state index in [0.717, 1.165) is 5.70 Å². The van der Waals surface area contributed by atoms with Crippen LogP contribution < -0.4 is 10.1 Å². The molecule has 3 rings (SSSR count). The predicted octanol–water partition coefficient (Wildman–Crippen LogP) is 4.00. The van der Waals surface area contributed by atoms with Crippen LogP contribution in [-0.2, 0) is 14.3 Å². The number of hydrogen-bond donors (Lipinski definition) is 1. The summed E-state index contributed by atoms with van der Waals surface area (Å²) in [5.41, 5.74) is 2.14. The maximum atomic E-state index is 15.0. The third-order valence-corrected chi connectivity index (χ3v) is 5.25. The first kappa shape index (κ1) is 20.1. The fraction of sp³-hybridized carbons (Fsp3) is 0.455. The van der Waals surface area contributed by atoms with Gasteiger partial charge in [-0.25, -0.2) is 9.18 Å². The van der Waals surface area contributed by atoms with Crippen molar-refractivity contribution in [3.05, 3.63) is 52.1 Å². The minimum absolute atomic E-state index is 0.0757. The summed E-state index contributed by atoms with van der Waals surface area (Å²) >= 11 is 0. The van der Waals surface area contributed by atoms with E-state index >= 15 is 4.39 Å². The molecule has 28 heavy (non-hydrogen) atoms. The molecule has 1 atom stereocenters. The molecule has 1 aromatic carbocycles. The predicted molar refractivity (Wildman–Crippen MR) is 103 cm³/mol. The van der Waals surface area contributed by atoms with Crippen LogP contribution >= 0.6 is 0 Å². The number of nitrogens with one attached hydrogen (secondary N) is 1. The molecular formula is C22H26FNO4. The van der Waals surface area contributed by atoms with Crippen LogP contribution in [-0.4, -0.2) is 25.5 Å². The number of halogens is 1. The van der Waals surface area contributed by atoms with Gasteiger partial charge >= 0.3 is 5.97 Å². The number of hydrogen-bond acceptors (Lipinski definition) is 5. The topological polar surface area (TPSA) is 64.6 Å². The lowest BCUT2D eigenvalue weighted by Crippen LogP contribution is -2.39. The van der Waals surface area contributed by atoms with Crippen molar-refractivity contribution in [3.63, 3.8) is 0 Å². The average Bonchev–Trinajstić information content (AvgIpc) is 2.59.